The average Bonchev–Trinajstić information content (AvgIpc) is 2.90. The SMILES string of the molecule is COc1cc(OC)c(OC)cc1/C=C1\C(=O)Nc2ccccc21. The fraction of sp³-hybridized carbons (Fsp3) is 0.167. The maximum absolute atomic E-state index is 12.2. The van der Waals surface area contributed by atoms with E-state index in [-0.39, 0.29) is 5.91 Å². The van der Waals surface area contributed by atoms with Crippen molar-refractivity contribution in [2.24, 2.45) is 0 Å². The molecular formula is C18H17NO4. The Morgan fingerprint density at radius 1 is 0.913 bits per heavy atom. The van der Waals surface area contributed by atoms with Crippen molar-refractivity contribution in [3.8, 4) is 17.2 Å². The minimum absolute atomic E-state index is 0.136. The van der Waals surface area contributed by atoms with Gasteiger partial charge in [0.2, 0.25) is 0 Å². The van der Waals surface area contributed by atoms with Crippen LogP contribution in [0, 0.1) is 0 Å². The first-order chi connectivity index (χ1) is 11.2. The van der Waals surface area contributed by atoms with E-state index >= 15 is 0 Å². The van der Waals surface area contributed by atoms with Gasteiger partial charge in [-0.2, -0.15) is 0 Å². The number of benzene rings is 2. The first kappa shape index (κ1) is 15.0. The second-order valence-electron chi connectivity index (χ2n) is 5.01. The normalized spacial score (nSPS) is 14.4. The Hall–Kier alpha value is -2.95. The summed E-state index contributed by atoms with van der Waals surface area (Å²) in [6.07, 6.45) is 1.79. The number of hydrogen-bond acceptors (Lipinski definition) is 4. The monoisotopic (exact) mass is 311 g/mol. The van der Waals surface area contributed by atoms with Crippen LogP contribution in [0.3, 0.4) is 0 Å². The van der Waals surface area contributed by atoms with Crippen molar-refractivity contribution in [3.63, 3.8) is 0 Å². The summed E-state index contributed by atoms with van der Waals surface area (Å²) in [5, 5.41) is 2.85. The summed E-state index contributed by atoms with van der Waals surface area (Å²) < 4.78 is 16.0. The molecule has 0 atom stereocenters. The zero-order valence-electron chi connectivity index (χ0n) is 13.2. The highest BCUT2D eigenvalue weighted by Gasteiger charge is 2.24. The van der Waals surface area contributed by atoms with Crippen molar-refractivity contribution in [1.29, 1.82) is 0 Å². The molecule has 0 spiro atoms. The summed E-state index contributed by atoms with van der Waals surface area (Å²) in [4.78, 5) is 12.2. The van der Waals surface area contributed by atoms with Gasteiger partial charge in [0.1, 0.15) is 5.75 Å². The van der Waals surface area contributed by atoms with Gasteiger partial charge >= 0.3 is 0 Å². The Morgan fingerprint density at radius 3 is 2.26 bits per heavy atom. The second kappa shape index (κ2) is 6.04. The van der Waals surface area contributed by atoms with E-state index in [1.54, 1.807) is 39.5 Å². The number of ether oxygens (including phenoxy) is 3. The Labute approximate surface area is 134 Å². The van der Waals surface area contributed by atoms with Gasteiger partial charge < -0.3 is 19.5 Å². The molecule has 1 aliphatic rings. The molecule has 0 saturated carbocycles. The minimum atomic E-state index is -0.136. The molecule has 0 fully saturated rings. The highest BCUT2D eigenvalue weighted by atomic mass is 16.5. The van der Waals surface area contributed by atoms with Gasteiger partial charge in [-0.3, -0.25) is 4.79 Å². The zero-order valence-corrected chi connectivity index (χ0v) is 13.2. The number of hydrogen-bond donors (Lipinski definition) is 1. The van der Waals surface area contributed by atoms with Crippen molar-refractivity contribution in [2.75, 3.05) is 26.6 Å². The first-order valence-corrected chi connectivity index (χ1v) is 7.10. The molecule has 1 amide bonds. The first-order valence-electron chi connectivity index (χ1n) is 7.10. The predicted octanol–water partition coefficient (Wildman–Crippen LogP) is 3.21. The largest absolute Gasteiger partial charge is 0.496 e. The standard InChI is InChI=1S/C18H17NO4/c1-21-15-10-17(23-3)16(22-2)9-11(15)8-13-12-6-4-5-7-14(12)19-18(13)20/h4-10H,1-3H3,(H,19,20)/b13-8-. The summed E-state index contributed by atoms with van der Waals surface area (Å²) in [5.74, 6) is 1.62. The van der Waals surface area contributed by atoms with Crippen LogP contribution in [-0.2, 0) is 4.79 Å². The maximum Gasteiger partial charge on any atom is 0.256 e. The van der Waals surface area contributed by atoms with Gasteiger partial charge in [0, 0.05) is 28.5 Å². The van der Waals surface area contributed by atoms with Crippen LogP contribution in [0.25, 0.3) is 11.6 Å². The molecule has 0 bridgehead atoms. The van der Waals surface area contributed by atoms with E-state index in [9.17, 15) is 4.79 Å². The van der Waals surface area contributed by atoms with E-state index in [0.29, 0.717) is 22.8 Å². The Balaban J connectivity index is 2.14. The van der Waals surface area contributed by atoms with Gasteiger partial charge in [-0.25, -0.2) is 0 Å². The van der Waals surface area contributed by atoms with E-state index in [0.717, 1.165) is 16.8 Å². The number of para-hydroxylation sites is 1. The van der Waals surface area contributed by atoms with E-state index < -0.39 is 0 Å². The Kier molecular flexibility index (Phi) is 3.93. The molecular weight excluding hydrogens is 294 g/mol. The number of carbonyl (C=O) groups is 1. The molecule has 0 radical (unpaired) electrons. The zero-order chi connectivity index (χ0) is 16.4. The summed E-state index contributed by atoms with van der Waals surface area (Å²) in [6, 6.07) is 11.1. The van der Waals surface area contributed by atoms with E-state index in [2.05, 4.69) is 5.32 Å². The molecule has 0 unspecified atom stereocenters. The minimum Gasteiger partial charge on any atom is -0.496 e. The number of amides is 1. The summed E-state index contributed by atoms with van der Waals surface area (Å²) in [6.45, 7) is 0. The number of anilines is 1. The molecule has 5 heteroatoms. The van der Waals surface area contributed by atoms with Crippen LogP contribution in [0.2, 0.25) is 0 Å². The Bertz CT molecular complexity index is 796. The van der Waals surface area contributed by atoms with Gasteiger partial charge in [0.25, 0.3) is 5.91 Å². The van der Waals surface area contributed by atoms with Gasteiger partial charge in [-0.15, -0.1) is 0 Å². The van der Waals surface area contributed by atoms with Crippen molar-refractivity contribution >= 4 is 23.2 Å². The molecule has 0 aromatic heterocycles. The third-order valence-electron chi connectivity index (χ3n) is 3.75. The summed E-state index contributed by atoms with van der Waals surface area (Å²) in [7, 11) is 4.71. The van der Waals surface area contributed by atoms with Crippen LogP contribution >= 0.6 is 0 Å². The molecule has 118 valence electrons. The molecule has 0 aliphatic carbocycles. The van der Waals surface area contributed by atoms with Crippen LogP contribution in [0.1, 0.15) is 11.1 Å². The van der Waals surface area contributed by atoms with Crippen LogP contribution in [0.4, 0.5) is 5.69 Å². The molecule has 1 aliphatic heterocycles. The van der Waals surface area contributed by atoms with Gasteiger partial charge in [-0.05, 0) is 18.2 Å². The quantitative estimate of drug-likeness (QED) is 0.881. The lowest BCUT2D eigenvalue weighted by Gasteiger charge is -2.12. The van der Waals surface area contributed by atoms with Crippen LogP contribution < -0.4 is 19.5 Å². The number of nitrogens with one attached hydrogen (secondary N) is 1. The smallest absolute Gasteiger partial charge is 0.256 e. The summed E-state index contributed by atoms with van der Waals surface area (Å²) >= 11 is 0. The lowest BCUT2D eigenvalue weighted by molar-refractivity contribution is -0.110. The van der Waals surface area contributed by atoms with E-state index in [1.165, 1.54) is 0 Å². The number of methoxy groups -OCH3 is 3. The third-order valence-corrected chi connectivity index (χ3v) is 3.75. The van der Waals surface area contributed by atoms with E-state index in [4.69, 9.17) is 14.2 Å². The molecule has 23 heavy (non-hydrogen) atoms. The van der Waals surface area contributed by atoms with Gasteiger partial charge in [0.05, 0.1) is 21.3 Å². The van der Waals surface area contributed by atoms with Crippen molar-refractivity contribution < 1.29 is 19.0 Å². The van der Waals surface area contributed by atoms with Crippen LogP contribution in [-0.4, -0.2) is 27.2 Å². The van der Waals surface area contributed by atoms with Gasteiger partial charge in [-0.1, -0.05) is 18.2 Å². The van der Waals surface area contributed by atoms with Gasteiger partial charge in [0.15, 0.2) is 11.5 Å². The molecule has 0 saturated heterocycles. The summed E-state index contributed by atoms with van der Waals surface area (Å²) in [5.41, 5.74) is 3.01. The fourth-order valence-electron chi connectivity index (χ4n) is 2.60. The Morgan fingerprint density at radius 2 is 1.57 bits per heavy atom. The van der Waals surface area contributed by atoms with Crippen molar-refractivity contribution in [1.82, 2.24) is 0 Å². The number of fused-ring (bicyclic) bond motifs is 1. The van der Waals surface area contributed by atoms with Crippen molar-refractivity contribution in [2.45, 2.75) is 0 Å². The molecule has 5 nitrogen and oxygen atoms in total. The lowest BCUT2D eigenvalue weighted by Crippen LogP contribution is -2.03. The average molecular weight is 311 g/mol. The highest BCUT2D eigenvalue weighted by molar-refractivity contribution is 6.35. The maximum atomic E-state index is 12.2. The fourth-order valence-corrected chi connectivity index (χ4v) is 2.60. The number of carbonyl (C=O) groups excluding carboxylic acids is 1. The molecule has 2 aromatic carbocycles. The molecule has 2 aromatic rings. The third kappa shape index (κ3) is 2.61. The lowest BCUT2D eigenvalue weighted by atomic mass is 10.0. The van der Waals surface area contributed by atoms with Crippen LogP contribution in [0.15, 0.2) is 36.4 Å². The molecule has 3 rings (SSSR count). The van der Waals surface area contributed by atoms with Crippen molar-refractivity contribution in [3.05, 3.63) is 47.5 Å². The molecule has 1 N–H and O–H groups in total. The van der Waals surface area contributed by atoms with E-state index in [1.807, 2.05) is 24.3 Å². The molecule has 1 heterocycles. The highest BCUT2D eigenvalue weighted by Crippen LogP contribution is 2.38. The van der Waals surface area contributed by atoms with Crippen LogP contribution in [0.5, 0.6) is 17.2 Å². The number of rotatable bonds is 4. The second-order valence-corrected chi connectivity index (χ2v) is 5.01. The topological polar surface area (TPSA) is 56.8 Å². The predicted molar refractivity (Wildman–Crippen MR) is 89.0 cm³/mol.